The molecular weight excluding hydrogens is 476 g/mol. The smallest absolute Gasteiger partial charge is 0.255 e. The Labute approximate surface area is 229 Å². The zero-order valence-corrected chi connectivity index (χ0v) is 24.4. The highest BCUT2D eigenvalue weighted by Gasteiger charge is 2.20. The summed E-state index contributed by atoms with van der Waals surface area (Å²) in [5, 5.41) is 5.30. The molecule has 0 aromatic heterocycles. The summed E-state index contributed by atoms with van der Waals surface area (Å²) >= 11 is 1.81. The summed E-state index contributed by atoms with van der Waals surface area (Å²) in [6, 6.07) is 14.0. The van der Waals surface area contributed by atoms with E-state index < -0.39 is 0 Å². The van der Waals surface area contributed by atoms with Crippen molar-refractivity contribution in [2.24, 2.45) is 0 Å². The van der Waals surface area contributed by atoms with Crippen molar-refractivity contribution in [3.05, 3.63) is 70.3 Å². The molecule has 0 radical (unpaired) electrons. The van der Waals surface area contributed by atoms with Crippen LogP contribution in [0.2, 0.25) is 0 Å². The SMILES string of the molecule is CCCCCCCCCCOc1ccc(NC(=O)c2cccc(CN3CSC=C3C)c2)cc1C(C)(C)C. The van der Waals surface area contributed by atoms with Gasteiger partial charge in [-0.15, -0.1) is 11.8 Å². The fourth-order valence-electron chi connectivity index (χ4n) is 4.57. The second-order valence-corrected chi connectivity index (χ2v) is 12.0. The number of carbonyl (C=O) groups is 1. The van der Waals surface area contributed by atoms with E-state index in [9.17, 15) is 4.79 Å². The lowest BCUT2D eigenvalue weighted by Gasteiger charge is -2.24. The molecule has 0 fully saturated rings. The largest absolute Gasteiger partial charge is 0.493 e. The Bertz CT molecular complexity index is 1040. The van der Waals surface area contributed by atoms with Crippen molar-refractivity contribution in [3.8, 4) is 5.75 Å². The average molecular weight is 523 g/mol. The quantitative estimate of drug-likeness (QED) is 0.251. The van der Waals surface area contributed by atoms with Gasteiger partial charge in [0.2, 0.25) is 0 Å². The zero-order valence-electron chi connectivity index (χ0n) is 23.6. The summed E-state index contributed by atoms with van der Waals surface area (Å²) in [4.78, 5) is 15.4. The molecule has 1 N–H and O–H groups in total. The van der Waals surface area contributed by atoms with E-state index in [1.807, 2.05) is 42.1 Å². The molecule has 1 aliphatic heterocycles. The second kappa shape index (κ2) is 14.5. The molecule has 0 saturated heterocycles. The van der Waals surface area contributed by atoms with E-state index in [2.05, 4.69) is 62.4 Å². The Morgan fingerprint density at radius 2 is 1.73 bits per heavy atom. The number of unbranched alkanes of at least 4 members (excludes halogenated alkanes) is 7. The topological polar surface area (TPSA) is 41.6 Å². The molecule has 1 aliphatic rings. The van der Waals surface area contributed by atoms with E-state index >= 15 is 0 Å². The van der Waals surface area contributed by atoms with Crippen LogP contribution in [0.4, 0.5) is 5.69 Å². The van der Waals surface area contributed by atoms with Crippen LogP contribution in [0.1, 0.15) is 107 Å². The van der Waals surface area contributed by atoms with Gasteiger partial charge in [-0.3, -0.25) is 4.79 Å². The highest BCUT2D eigenvalue weighted by atomic mass is 32.2. The molecule has 3 rings (SSSR count). The van der Waals surface area contributed by atoms with Crippen LogP contribution in [0.15, 0.2) is 53.6 Å². The molecule has 0 atom stereocenters. The van der Waals surface area contributed by atoms with E-state index in [0.717, 1.165) is 48.0 Å². The van der Waals surface area contributed by atoms with Gasteiger partial charge in [-0.25, -0.2) is 0 Å². The number of allylic oxidation sites excluding steroid dienone is 1. The zero-order chi connectivity index (χ0) is 26.7. The van der Waals surface area contributed by atoms with E-state index in [-0.39, 0.29) is 11.3 Å². The van der Waals surface area contributed by atoms with Gasteiger partial charge in [0.25, 0.3) is 5.91 Å². The second-order valence-electron chi connectivity index (χ2n) is 11.2. The number of rotatable bonds is 14. The first-order chi connectivity index (χ1) is 17.8. The fraction of sp³-hybridized carbons (Fsp3) is 0.531. The van der Waals surface area contributed by atoms with Gasteiger partial charge in [0.15, 0.2) is 0 Å². The third-order valence-electron chi connectivity index (χ3n) is 6.85. The molecule has 202 valence electrons. The van der Waals surface area contributed by atoms with Crippen LogP contribution in [-0.2, 0) is 12.0 Å². The fourth-order valence-corrected chi connectivity index (χ4v) is 5.51. The maximum atomic E-state index is 13.1. The van der Waals surface area contributed by atoms with Crippen molar-refractivity contribution in [2.45, 2.75) is 97.9 Å². The highest BCUT2D eigenvalue weighted by molar-refractivity contribution is 8.02. The molecule has 0 saturated carbocycles. The molecule has 1 amide bonds. The molecule has 0 unspecified atom stereocenters. The number of benzene rings is 2. The van der Waals surface area contributed by atoms with Crippen molar-refractivity contribution >= 4 is 23.4 Å². The number of carbonyl (C=O) groups excluding carboxylic acids is 1. The predicted molar refractivity (Wildman–Crippen MR) is 159 cm³/mol. The van der Waals surface area contributed by atoms with Crippen molar-refractivity contribution in [1.82, 2.24) is 4.90 Å². The van der Waals surface area contributed by atoms with Gasteiger partial charge >= 0.3 is 0 Å². The van der Waals surface area contributed by atoms with Gasteiger partial charge < -0.3 is 15.0 Å². The van der Waals surface area contributed by atoms with Crippen LogP contribution in [0.5, 0.6) is 5.75 Å². The first-order valence-corrected chi connectivity index (χ1v) is 15.0. The van der Waals surface area contributed by atoms with E-state index in [0.29, 0.717) is 5.56 Å². The van der Waals surface area contributed by atoms with Crippen LogP contribution >= 0.6 is 11.8 Å². The lowest BCUT2D eigenvalue weighted by atomic mass is 9.86. The standard InChI is InChI=1S/C32H46N2O2S/c1-6-7-8-9-10-11-12-13-19-36-30-18-17-28(21-29(30)32(3,4)5)33-31(35)27-16-14-15-26(20-27)22-34-24-37-23-25(34)2/h14-18,20-21,23H,6-13,19,22,24H2,1-5H3,(H,33,35). The van der Waals surface area contributed by atoms with Gasteiger partial charge in [0.05, 0.1) is 12.5 Å². The minimum atomic E-state index is -0.0889. The highest BCUT2D eigenvalue weighted by Crippen LogP contribution is 2.34. The summed E-state index contributed by atoms with van der Waals surface area (Å²) in [6.45, 7) is 12.5. The molecule has 0 bridgehead atoms. The van der Waals surface area contributed by atoms with Gasteiger partial charge in [0, 0.05) is 29.1 Å². The molecule has 5 heteroatoms. The van der Waals surface area contributed by atoms with Crippen LogP contribution in [0, 0.1) is 0 Å². The average Bonchev–Trinajstić information content (AvgIpc) is 3.27. The summed E-state index contributed by atoms with van der Waals surface area (Å²) in [5.41, 5.74) is 4.93. The normalized spacial score (nSPS) is 13.5. The summed E-state index contributed by atoms with van der Waals surface area (Å²) in [5.74, 6) is 1.80. The third kappa shape index (κ3) is 9.45. The lowest BCUT2D eigenvalue weighted by molar-refractivity contribution is 0.102. The number of amides is 1. The summed E-state index contributed by atoms with van der Waals surface area (Å²) < 4.78 is 6.22. The van der Waals surface area contributed by atoms with Crippen molar-refractivity contribution < 1.29 is 9.53 Å². The van der Waals surface area contributed by atoms with Crippen molar-refractivity contribution in [2.75, 3.05) is 17.8 Å². The molecule has 37 heavy (non-hydrogen) atoms. The number of ether oxygens (including phenoxy) is 1. The monoisotopic (exact) mass is 522 g/mol. The summed E-state index contributed by atoms with van der Waals surface area (Å²) in [7, 11) is 0. The first kappa shape index (κ1) is 29.2. The first-order valence-electron chi connectivity index (χ1n) is 14.0. The maximum Gasteiger partial charge on any atom is 0.255 e. The van der Waals surface area contributed by atoms with Crippen LogP contribution in [-0.4, -0.2) is 23.3 Å². The van der Waals surface area contributed by atoms with Crippen molar-refractivity contribution in [3.63, 3.8) is 0 Å². The van der Waals surface area contributed by atoms with Crippen LogP contribution in [0.25, 0.3) is 0 Å². The number of nitrogens with one attached hydrogen (secondary N) is 1. The Morgan fingerprint density at radius 3 is 2.41 bits per heavy atom. The number of thioether (sulfide) groups is 1. The molecule has 4 nitrogen and oxygen atoms in total. The van der Waals surface area contributed by atoms with Gasteiger partial charge in [-0.2, -0.15) is 0 Å². The Balaban J connectivity index is 1.56. The number of hydrogen-bond donors (Lipinski definition) is 1. The number of hydrogen-bond acceptors (Lipinski definition) is 4. The number of anilines is 1. The minimum absolute atomic E-state index is 0.0858. The van der Waals surface area contributed by atoms with E-state index in [1.165, 1.54) is 50.6 Å². The minimum Gasteiger partial charge on any atom is -0.493 e. The molecule has 2 aromatic carbocycles. The molecular formula is C32H46N2O2S. The Morgan fingerprint density at radius 1 is 1.00 bits per heavy atom. The van der Waals surface area contributed by atoms with E-state index in [4.69, 9.17) is 4.74 Å². The van der Waals surface area contributed by atoms with Gasteiger partial charge in [0.1, 0.15) is 5.75 Å². The maximum absolute atomic E-state index is 13.1. The van der Waals surface area contributed by atoms with Crippen molar-refractivity contribution in [1.29, 1.82) is 0 Å². The predicted octanol–water partition coefficient (Wildman–Crippen LogP) is 9.12. The third-order valence-corrected chi connectivity index (χ3v) is 7.82. The van der Waals surface area contributed by atoms with E-state index in [1.54, 1.807) is 0 Å². The summed E-state index contributed by atoms with van der Waals surface area (Å²) in [6.07, 6.45) is 10.3. The van der Waals surface area contributed by atoms with Crippen LogP contribution in [0.3, 0.4) is 0 Å². The lowest BCUT2D eigenvalue weighted by Crippen LogP contribution is -2.18. The Kier molecular flexibility index (Phi) is 11.4. The molecule has 2 aromatic rings. The molecule has 0 aliphatic carbocycles. The Hall–Kier alpha value is -2.40. The molecule has 0 spiro atoms. The van der Waals surface area contributed by atoms with Gasteiger partial charge in [-0.1, -0.05) is 84.8 Å². The van der Waals surface area contributed by atoms with Crippen LogP contribution < -0.4 is 10.1 Å². The molecule has 1 heterocycles. The number of nitrogens with zero attached hydrogens (tertiary/aromatic N) is 1. The van der Waals surface area contributed by atoms with Gasteiger partial charge in [-0.05, 0) is 60.1 Å².